The number of para-hydroxylation sites is 2. The number of methoxy groups -OCH3 is 1. The molecule has 0 aliphatic rings. The quantitative estimate of drug-likeness (QED) is 0.360. The lowest BCUT2D eigenvalue weighted by Gasteiger charge is -2.30. The molecule has 5 heteroatoms. The zero-order valence-electron chi connectivity index (χ0n) is 17.3. The molecule has 0 saturated heterocycles. The largest absolute Gasteiger partial charge is 0.497 e. The highest BCUT2D eigenvalue weighted by molar-refractivity contribution is 5.99. The standard InChI is InChI=1S/C26H24N2O3/c1-30-24-16-14-21(15-17-24)19-27(20-25-13-8-18-31-25)26(29)28(22-9-4-2-5-10-22)23-11-6-3-7-12-23/h2-18H,19-20H2,1H3. The molecule has 0 spiro atoms. The van der Waals surface area contributed by atoms with Gasteiger partial charge in [-0.3, -0.25) is 4.90 Å². The third-order valence-electron chi connectivity index (χ3n) is 4.95. The highest BCUT2D eigenvalue weighted by Crippen LogP contribution is 2.28. The van der Waals surface area contributed by atoms with Crippen LogP contribution in [0.3, 0.4) is 0 Å². The number of nitrogens with zero attached hydrogens (tertiary/aromatic N) is 2. The minimum absolute atomic E-state index is 0.135. The van der Waals surface area contributed by atoms with E-state index in [-0.39, 0.29) is 6.03 Å². The Hall–Kier alpha value is -3.99. The summed E-state index contributed by atoms with van der Waals surface area (Å²) in [5.41, 5.74) is 2.61. The van der Waals surface area contributed by atoms with Crippen LogP contribution in [0.5, 0.6) is 5.75 Å². The van der Waals surface area contributed by atoms with Crippen molar-refractivity contribution in [3.8, 4) is 5.75 Å². The fourth-order valence-electron chi connectivity index (χ4n) is 3.40. The van der Waals surface area contributed by atoms with Crippen LogP contribution in [0.2, 0.25) is 0 Å². The minimum atomic E-state index is -0.135. The summed E-state index contributed by atoms with van der Waals surface area (Å²) in [7, 11) is 1.64. The number of ether oxygens (including phenoxy) is 1. The van der Waals surface area contributed by atoms with Crippen molar-refractivity contribution in [2.75, 3.05) is 12.0 Å². The van der Waals surface area contributed by atoms with E-state index in [0.717, 1.165) is 28.4 Å². The number of anilines is 2. The molecule has 0 aliphatic heterocycles. The van der Waals surface area contributed by atoms with Gasteiger partial charge in [-0.15, -0.1) is 0 Å². The number of rotatable bonds is 7. The second-order valence-electron chi connectivity index (χ2n) is 7.07. The van der Waals surface area contributed by atoms with Gasteiger partial charge >= 0.3 is 6.03 Å². The van der Waals surface area contributed by atoms with E-state index in [2.05, 4.69) is 0 Å². The highest BCUT2D eigenvalue weighted by atomic mass is 16.5. The molecule has 0 radical (unpaired) electrons. The molecular weight excluding hydrogens is 388 g/mol. The highest BCUT2D eigenvalue weighted by Gasteiger charge is 2.25. The van der Waals surface area contributed by atoms with Gasteiger partial charge in [0.15, 0.2) is 0 Å². The molecule has 4 aromatic rings. The number of hydrogen-bond donors (Lipinski definition) is 0. The van der Waals surface area contributed by atoms with E-state index < -0.39 is 0 Å². The Bertz CT molecular complexity index is 1040. The monoisotopic (exact) mass is 412 g/mol. The number of carbonyl (C=O) groups excluding carboxylic acids is 1. The maximum absolute atomic E-state index is 13.9. The predicted molar refractivity (Wildman–Crippen MR) is 121 cm³/mol. The molecule has 0 unspecified atom stereocenters. The van der Waals surface area contributed by atoms with Crippen LogP contribution in [0.4, 0.5) is 16.2 Å². The van der Waals surface area contributed by atoms with Crippen molar-refractivity contribution < 1.29 is 13.9 Å². The van der Waals surface area contributed by atoms with Crippen LogP contribution in [0.1, 0.15) is 11.3 Å². The SMILES string of the molecule is COc1ccc(CN(Cc2ccco2)C(=O)N(c2ccccc2)c2ccccc2)cc1. The van der Waals surface area contributed by atoms with E-state index >= 15 is 0 Å². The molecular formula is C26H24N2O3. The first kappa shape index (κ1) is 20.3. The van der Waals surface area contributed by atoms with Crippen LogP contribution >= 0.6 is 0 Å². The summed E-state index contributed by atoms with van der Waals surface area (Å²) < 4.78 is 10.8. The predicted octanol–water partition coefficient (Wildman–Crippen LogP) is 6.25. The number of urea groups is 1. The molecule has 1 aromatic heterocycles. The number of carbonyl (C=O) groups is 1. The summed E-state index contributed by atoms with van der Waals surface area (Å²) in [4.78, 5) is 17.4. The lowest BCUT2D eigenvalue weighted by atomic mass is 10.2. The Labute approximate surface area is 182 Å². The molecule has 0 bridgehead atoms. The van der Waals surface area contributed by atoms with Crippen LogP contribution < -0.4 is 9.64 Å². The molecule has 0 atom stereocenters. The van der Waals surface area contributed by atoms with Crippen LogP contribution in [0.15, 0.2) is 108 Å². The van der Waals surface area contributed by atoms with Gasteiger partial charge in [0.25, 0.3) is 0 Å². The summed E-state index contributed by atoms with van der Waals surface area (Å²) in [6, 6.07) is 30.6. The van der Waals surface area contributed by atoms with Crippen molar-refractivity contribution in [3.63, 3.8) is 0 Å². The molecule has 0 fully saturated rings. The van der Waals surface area contributed by atoms with Crippen LogP contribution in [0, 0.1) is 0 Å². The Morgan fingerprint density at radius 2 is 1.39 bits per heavy atom. The van der Waals surface area contributed by atoms with E-state index in [1.807, 2.05) is 97.1 Å². The van der Waals surface area contributed by atoms with Gasteiger partial charge in [-0.25, -0.2) is 4.79 Å². The van der Waals surface area contributed by atoms with Gasteiger partial charge in [-0.05, 0) is 54.1 Å². The van der Waals surface area contributed by atoms with Gasteiger partial charge in [0.2, 0.25) is 0 Å². The summed E-state index contributed by atoms with van der Waals surface area (Å²) in [6.45, 7) is 0.785. The molecule has 0 saturated carbocycles. The van der Waals surface area contributed by atoms with E-state index in [1.54, 1.807) is 23.2 Å². The van der Waals surface area contributed by atoms with Crippen molar-refractivity contribution in [1.82, 2.24) is 4.90 Å². The molecule has 1 heterocycles. The van der Waals surface area contributed by atoms with Crippen LogP contribution in [-0.4, -0.2) is 18.0 Å². The number of furan rings is 1. The smallest absolute Gasteiger partial charge is 0.329 e. The second-order valence-corrected chi connectivity index (χ2v) is 7.07. The fourth-order valence-corrected chi connectivity index (χ4v) is 3.40. The number of amides is 2. The van der Waals surface area contributed by atoms with E-state index in [9.17, 15) is 4.79 Å². The summed E-state index contributed by atoms with van der Waals surface area (Å²) >= 11 is 0. The number of benzene rings is 3. The topological polar surface area (TPSA) is 45.9 Å². The molecule has 156 valence electrons. The fraction of sp³-hybridized carbons (Fsp3) is 0.115. The maximum Gasteiger partial charge on any atom is 0.329 e. The Balaban J connectivity index is 1.69. The van der Waals surface area contributed by atoms with Gasteiger partial charge in [-0.2, -0.15) is 0 Å². The van der Waals surface area contributed by atoms with Gasteiger partial charge in [0.05, 0.1) is 31.3 Å². The normalized spacial score (nSPS) is 10.5. The van der Waals surface area contributed by atoms with E-state index in [4.69, 9.17) is 9.15 Å². The maximum atomic E-state index is 13.9. The van der Waals surface area contributed by atoms with Crippen molar-refractivity contribution >= 4 is 17.4 Å². The van der Waals surface area contributed by atoms with Crippen LogP contribution in [0.25, 0.3) is 0 Å². The Morgan fingerprint density at radius 1 is 0.774 bits per heavy atom. The average molecular weight is 412 g/mol. The lowest BCUT2D eigenvalue weighted by molar-refractivity contribution is 0.196. The third-order valence-corrected chi connectivity index (χ3v) is 4.95. The van der Waals surface area contributed by atoms with Gasteiger partial charge in [-0.1, -0.05) is 48.5 Å². The van der Waals surface area contributed by atoms with Crippen LogP contribution in [-0.2, 0) is 13.1 Å². The zero-order valence-corrected chi connectivity index (χ0v) is 17.3. The Morgan fingerprint density at radius 3 is 1.90 bits per heavy atom. The summed E-state index contributed by atoms with van der Waals surface area (Å²) in [6.07, 6.45) is 1.62. The average Bonchev–Trinajstić information content (AvgIpc) is 3.34. The Kier molecular flexibility index (Phi) is 6.33. The molecule has 0 N–H and O–H groups in total. The molecule has 31 heavy (non-hydrogen) atoms. The van der Waals surface area contributed by atoms with Gasteiger partial charge < -0.3 is 14.1 Å². The van der Waals surface area contributed by atoms with E-state index in [1.165, 1.54) is 0 Å². The zero-order chi connectivity index (χ0) is 21.5. The minimum Gasteiger partial charge on any atom is -0.497 e. The second kappa shape index (κ2) is 9.67. The van der Waals surface area contributed by atoms with Gasteiger partial charge in [0, 0.05) is 6.54 Å². The van der Waals surface area contributed by atoms with Crippen molar-refractivity contribution in [3.05, 3.63) is 115 Å². The molecule has 5 nitrogen and oxygen atoms in total. The summed E-state index contributed by atoms with van der Waals surface area (Å²) in [5.74, 6) is 1.51. The lowest BCUT2D eigenvalue weighted by Crippen LogP contribution is -2.40. The summed E-state index contributed by atoms with van der Waals surface area (Å²) in [5, 5.41) is 0. The van der Waals surface area contributed by atoms with Crippen molar-refractivity contribution in [2.45, 2.75) is 13.1 Å². The van der Waals surface area contributed by atoms with Gasteiger partial charge in [0.1, 0.15) is 11.5 Å². The first-order chi connectivity index (χ1) is 15.2. The van der Waals surface area contributed by atoms with Crippen molar-refractivity contribution in [2.24, 2.45) is 0 Å². The number of hydrogen-bond acceptors (Lipinski definition) is 3. The molecule has 0 aliphatic carbocycles. The first-order valence-electron chi connectivity index (χ1n) is 10.1. The molecule has 3 aromatic carbocycles. The van der Waals surface area contributed by atoms with E-state index in [0.29, 0.717) is 13.1 Å². The third kappa shape index (κ3) is 4.95. The first-order valence-corrected chi connectivity index (χ1v) is 10.1. The van der Waals surface area contributed by atoms with Crippen molar-refractivity contribution in [1.29, 1.82) is 0 Å². The molecule has 4 rings (SSSR count). The molecule has 2 amide bonds.